The summed E-state index contributed by atoms with van der Waals surface area (Å²) in [5.41, 5.74) is 1.52. The third-order valence-electron chi connectivity index (χ3n) is 4.94. The summed E-state index contributed by atoms with van der Waals surface area (Å²) in [4.78, 5) is 20.5. The summed E-state index contributed by atoms with van der Waals surface area (Å²) < 4.78 is 13.1. The standard InChI is InChI=1S/C19H22FN3O2/c1-13-10-22-16(11-21-13)18(25)23-12-19(8-2-3-17(19)24)9-14-4-6-15(20)7-5-14/h4-7,10-11,17,24H,2-3,8-9,12H2,1H3,(H,23,25)/t17-,19+/m0/s1. The van der Waals surface area contributed by atoms with Crippen molar-refractivity contribution in [3.05, 3.63) is 59.4 Å². The molecule has 1 aliphatic carbocycles. The number of rotatable bonds is 5. The number of aliphatic hydroxyl groups excluding tert-OH is 1. The van der Waals surface area contributed by atoms with E-state index < -0.39 is 11.5 Å². The quantitative estimate of drug-likeness (QED) is 0.874. The molecule has 1 aromatic carbocycles. The second-order valence-electron chi connectivity index (χ2n) is 6.80. The summed E-state index contributed by atoms with van der Waals surface area (Å²) in [5.74, 6) is -0.582. The lowest BCUT2D eigenvalue weighted by Gasteiger charge is -2.33. The molecule has 0 saturated heterocycles. The Kier molecular flexibility index (Phi) is 5.08. The Hall–Kier alpha value is -2.34. The van der Waals surface area contributed by atoms with E-state index in [-0.39, 0.29) is 17.4 Å². The van der Waals surface area contributed by atoms with Gasteiger partial charge in [-0.25, -0.2) is 9.37 Å². The van der Waals surface area contributed by atoms with Crippen LogP contribution in [-0.2, 0) is 6.42 Å². The maximum atomic E-state index is 13.1. The number of amides is 1. The van der Waals surface area contributed by atoms with Gasteiger partial charge in [-0.2, -0.15) is 0 Å². The molecule has 1 aromatic heterocycles. The number of carbonyl (C=O) groups is 1. The van der Waals surface area contributed by atoms with Crippen LogP contribution in [0.15, 0.2) is 36.7 Å². The van der Waals surface area contributed by atoms with E-state index in [9.17, 15) is 14.3 Å². The number of benzene rings is 1. The fraction of sp³-hybridized carbons (Fsp3) is 0.421. The zero-order valence-electron chi connectivity index (χ0n) is 14.2. The van der Waals surface area contributed by atoms with E-state index in [0.717, 1.165) is 24.1 Å². The molecule has 1 fully saturated rings. The van der Waals surface area contributed by atoms with E-state index >= 15 is 0 Å². The molecule has 2 atom stereocenters. The molecule has 0 radical (unpaired) electrons. The normalized spacial score (nSPS) is 22.8. The average molecular weight is 343 g/mol. The number of halogens is 1. The highest BCUT2D eigenvalue weighted by molar-refractivity contribution is 5.91. The van der Waals surface area contributed by atoms with E-state index in [1.165, 1.54) is 18.3 Å². The summed E-state index contributed by atoms with van der Waals surface area (Å²) >= 11 is 0. The zero-order chi connectivity index (χ0) is 17.9. The van der Waals surface area contributed by atoms with Crippen molar-refractivity contribution in [2.75, 3.05) is 6.54 Å². The fourth-order valence-corrected chi connectivity index (χ4v) is 3.46. The first kappa shape index (κ1) is 17.5. The molecule has 3 rings (SSSR count). The molecule has 1 saturated carbocycles. The first-order valence-corrected chi connectivity index (χ1v) is 8.48. The number of aliphatic hydroxyl groups is 1. The smallest absolute Gasteiger partial charge is 0.271 e. The summed E-state index contributed by atoms with van der Waals surface area (Å²) in [6.45, 7) is 2.15. The lowest BCUT2D eigenvalue weighted by Crippen LogP contribution is -2.44. The minimum absolute atomic E-state index is 0.259. The first-order chi connectivity index (χ1) is 12.0. The maximum Gasteiger partial charge on any atom is 0.271 e. The highest BCUT2D eigenvalue weighted by atomic mass is 19.1. The maximum absolute atomic E-state index is 13.1. The number of nitrogens with one attached hydrogen (secondary N) is 1. The second-order valence-corrected chi connectivity index (χ2v) is 6.80. The van der Waals surface area contributed by atoms with Crippen molar-refractivity contribution >= 4 is 5.91 Å². The van der Waals surface area contributed by atoms with Crippen LogP contribution in [0.2, 0.25) is 0 Å². The Balaban J connectivity index is 1.71. The van der Waals surface area contributed by atoms with Crippen LogP contribution in [0.1, 0.15) is 41.0 Å². The van der Waals surface area contributed by atoms with E-state index in [0.29, 0.717) is 19.4 Å². The van der Waals surface area contributed by atoms with Gasteiger partial charge in [0.1, 0.15) is 11.5 Å². The van der Waals surface area contributed by atoms with Gasteiger partial charge in [-0.15, -0.1) is 0 Å². The van der Waals surface area contributed by atoms with Crippen molar-refractivity contribution < 1.29 is 14.3 Å². The van der Waals surface area contributed by atoms with Gasteiger partial charge in [-0.05, 0) is 43.9 Å². The molecule has 2 aromatic rings. The predicted octanol–water partition coefficient (Wildman–Crippen LogP) is 2.43. The molecule has 25 heavy (non-hydrogen) atoms. The van der Waals surface area contributed by atoms with Gasteiger partial charge in [-0.3, -0.25) is 9.78 Å². The minimum Gasteiger partial charge on any atom is -0.392 e. The molecular weight excluding hydrogens is 321 g/mol. The van der Waals surface area contributed by atoms with Crippen LogP contribution >= 0.6 is 0 Å². The summed E-state index contributed by atoms with van der Waals surface area (Å²) in [6.07, 6.45) is 5.52. The van der Waals surface area contributed by atoms with Crippen LogP contribution in [0.5, 0.6) is 0 Å². The summed E-state index contributed by atoms with van der Waals surface area (Å²) in [5, 5.41) is 13.4. The zero-order valence-corrected chi connectivity index (χ0v) is 14.2. The minimum atomic E-state index is -0.498. The number of hydrogen-bond donors (Lipinski definition) is 2. The van der Waals surface area contributed by atoms with Crippen LogP contribution in [0, 0.1) is 18.2 Å². The van der Waals surface area contributed by atoms with Gasteiger partial charge in [0.15, 0.2) is 0 Å². The van der Waals surface area contributed by atoms with Gasteiger partial charge in [0, 0.05) is 18.2 Å². The molecule has 0 spiro atoms. The number of nitrogens with zero attached hydrogens (tertiary/aromatic N) is 2. The highest BCUT2D eigenvalue weighted by Gasteiger charge is 2.42. The Bertz CT molecular complexity index is 733. The molecule has 1 aliphatic rings. The van der Waals surface area contributed by atoms with Crippen LogP contribution in [0.3, 0.4) is 0 Å². The molecule has 0 bridgehead atoms. The number of aryl methyl sites for hydroxylation is 1. The Morgan fingerprint density at radius 1 is 1.32 bits per heavy atom. The molecule has 0 aliphatic heterocycles. The van der Waals surface area contributed by atoms with Gasteiger partial charge >= 0.3 is 0 Å². The van der Waals surface area contributed by atoms with Gasteiger partial charge in [0.2, 0.25) is 0 Å². The van der Waals surface area contributed by atoms with Crippen molar-refractivity contribution in [1.29, 1.82) is 0 Å². The van der Waals surface area contributed by atoms with Crippen molar-refractivity contribution in [3.8, 4) is 0 Å². The monoisotopic (exact) mass is 343 g/mol. The summed E-state index contributed by atoms with van der Waals surface area (Å²) in [6, 6.07) is 6.31. The van der Waals surface area contributed by atoms with Gasteiger partial charge in [0.05, 0.1) is 18.0 Å². The fourth-order valence-electron chi connectivity index (χ4n) is 3.46. The van der Waals surface area contributed by atoms with Crippen LogP contribution in [0.4, 0.5) is 4.39 Å². The van der Waals surface area contributed by atoms with Gasteiger partial charge < -0.3 is 10.4 Å². The second kappa shape index (κ2) is 7.27. The number of aromatic nitrogens is 2. The lowest BCUT2D eigenvalue weighted by molar-refractivity contribution is 0.0499. The molecule has 0 unspecified atom stereocenters. The van der Waals surface area contributed by atoms with Crippen molar-refractivity contribution in [1.82, 2.24) is 15.3 Å². The molecule has 6 heteroatoms. The van der Waals surface area contributed by atoms with Crippen LogP contribution in [0.25, 0.3) is 0 Å². The molecule has 5 nitrogen and oxygen atoms in total. The molecule has 132 valence electrons. The van der Waals surface area contributed by atoms with Crippen molar-refractivity contribution in [2.24, 2.45) is 5.41 Å². The molecule has 1 heterocycles. The van der Waals surface area contributed by atoms with Gasteiger partial charge in [0.25, 0.3) is 5.91 Å². The highest BCUT2D eigenvalue weighted by Crippen LogP contribution is 2.40. The van der Waals surface area contributed by atoms with E-state index in [2.05, 4.69) is 15.3 Å². The van der Waals surface area contributed by atoms with Gasteiger partial charge in [-0.1, -0.05) is 18.6 Å². The van der Waals surface area contributed by atoms with Crippen molar-refractivity contribution in [2.45, 2.75) is 38.7 Å². The third-order valence-corrected chi connectivity index (χ3v) is 4.94. The predicted molar refractivity (Wildman–Crippen MR) is 91.5 cm³/mol. The molecule has 2 N–H and O–H groups in total. The largest absolute Gasteiger partial charge is 0.392 e. The van der Waals surface area contributed by atoms with Crippen molar-refractivity contribution in [3.63, 3.8) is 0 Å². The first-order valence-electron chi connectivity index (χ1n) is 8.48. The van der Waals surface area contributed by atoms with E-state index in [4.69, 9.17) is 0 Å². The summed E-state index contributed by atoms with van der Waals surface area (Å²) in [7, 11) is 0. The topological polar surface area (TPSA) is 75.1 Å². The Morgan fingerprint density at radius 3 is 2.68 bits per heavy atom. The third kappa shape index (κ3) is 4.02. The Morgan fingerprint density at radius 2 is 2.08 bits per heavy atom. The van der Waals surface area contributed by atoms with E-state index in [1.807, 2.05) is 0 Å². The molecule has 1 amide bonds. The van der Waals surface area contributed by atoms with E-state index in [1.54, 1.807) is 25.3 Å². The average Bonchev–Trinajstić information content (AvgIpc) is 2.96. The van der Waals surface area contributed by atoms with Crippen LogP contribution < -0.4 is 5.32 Å². The Labute approximate surface area is 146 Å². The lowest BCUT2D eigenvalue weighted by atomic mass is 9.78. The van der Waals surface area contributed by atoms with Crippen LogP contribution in [-0.4, -0.2) is 33.6 Å². The number of hydrogen-bond acceptors (Lipinski definition) is 4. The molecular formula is C19H22FN3O2. The SMILES string of the molecule is Cc1cnc(C(=O)NC[C@]2(Cc3ccc(F)cc3)CCC[C@@H]2O)cn1. The number of carbonyl (C=O) groups excluding carboxylic acids is 1.